The van der Waals surface area contributed by atoms with E-state index in [4.69, 9.17) is 14.2 Å². The number of hydrogen-bond acceptors (Lipinski definition) is 6. The Hall–Kier alpha value is -3.87. The molecule has 7 nitrogen and oxygen atoms in total. The normalized spacial score (nSPS) is 15.5. The van der Waals surface area contributed by atoms with Crippen LogP contribution in [0.1, 0.15) is 22.1 Å². The van der Waals surface area contributed by atoms with E-state index in [0.717, 1.165) is 11.3 Å². The third kappa shape index (κ3) is 3.38. The summed E-state index contributed by atoms with van der Waals surface area (Å²) in [4.78, 5) is 17.4. The summed E-state index contributed by atoms with van der Waals surface area (Å²) in [6.45, 7) is 0. The predicted molar refractivity (Wildman–Crippen MR) is 119 cm³/mol. The molecule has 7 heteroatoms. The Kier molecular flexibility index (Phi) is 5.33. The Labute approximate surface area is 181 Å². The van der Waals surface area contributed by atoms with Crippen LogP contribution in [0.15, 0.2) is 60.7 Å². The number of phenolic OH excluding ortho intramolecular Hbond substituents is 1. The lowest BCUT2D eigenvalue weighted by molar-refractivity contribution is 0.0969. The summed E-state index contributed by atoms with van der Waals surface area (Å²) in [5.74, 6) is 1.02. The summed E-state index contributed by atoms with van der Waals surface area (Å²) >= 11 is 0. The molecule has 0 saturated carbocycles. The Morgan fingerprint density at radius 3 is 2.06 bits per heavy atom. The number of methoxy groups -OCH3 is 3. The van der Waals surface area contributed by atoms with E-state index in [2.05, 4.69) is 0 Å². The summed E-state index contributed by atoms with van der Waals surface area (Å²) in [5.41, 5.74) is 2.86. The number of para-hydroxylation sites is 1. The van der Waals surface area contributed by atoms with Crippen LogP contribution in [0, 0.1) is 0 Å². The summed E-state index contributed by atoms with van der Waals surface area (Å²) in [5, 5.41) is 10.4. The third-order valence-corrected chi connectivity index (χ3v) is 5.50. The van der Waals surface area contributed by atoms with Crippen LogP contribution < -0.4 is 24.0 Å². The predicted octanol–water partition coefficient (Wildman–Crippen LogP) is 4.21. The molecule has 0 fully saturated rings. The van der Waals surface area contributed by atoms with Crippen molar-refractivity contribution in [3.8, 4) is 23.0 Å². The summed E-state index contributed by atoms with van der Waals surface area (Å²) in [6.07, 6.45) is -0.501. The van der Waals surface area contributed by atoms with Gasteiger partial charge in [0.2, 0.25) is 5.75 Å². The van der Waals surface area contributed by atoms with E-state index in [-0.39, 0.29) is 23.2 Å². The summed E-state index contributed by atoms with van der Waals surface area (Å²) in [6, 6.07) is 18.3. The number of benzene rings is 3. The van der Waals surface area contributed by atoms with Crippen LogP contribution in [-0.4, -0.2) is 39.4 Å². The van der Waals surface area contributed by atoms with Gasteiger partial charge in [-0.05, 0) is 48.5 Å². The van der Waals surface area contributed by atoms with Crippen LogP contribution in [0.4, 0.5) is 11.4 Å². The molecule has 1 aliphatic rings. The highest BCUT2D eigenvalue weighted by molar-refractivity contribution is 6.12. The fraction of sp³-hybridized carbons (Fsp3) is 0.208. The molecule has 31 heavy (non-hydrogen) atoms. The Bertz CT molecular complexity index is 1090. The average Bonchev–Trinajstić information content (AvgIpc) is 2.81. The first-order valence-corrected chi connectivity index (χ1v) is 9.74. The molecule has 160 valence electrons. The zero-order valence-electron chi connectivity index (χ0n) is 17.8. The molecule has 1 heterocycles. The number of phenols is 1. The molecule has 1 atom stereocenters. The van der Waals surface area contributed by atoms with Crippen molar-refractivity contribution in [2.45, 2.75) is 6.17 Å². The van der Waals surface area contributed by atoms with Crippen LogP contribution in [0.2, 0.25) is 0 Å². The Morgan fingerprint density at radius 2 is 1.48 bits per heavy atom. The van der Waals surface area contributed by atoms with E-state index in [9.17, 15) is 9.90 Å². The van der Waals surface area contributed by atoms with Crippen molar-refractivity contribution < 1.29 is 24.1 Å². The van der Waals surface area contributed by atoms with Gasteiger partial charge in [0.25, 0.3) is 5.91 Å². The minimum atomic E-state index is -0.501. The lowest BCUT2D eigenvalue weighted by Gasteiger charge is -2.44. The number of aromatic hydroxyl groups is 1. The first-order valence-electron chi connectivity index (χ1n) is 9.74. The first kappa shape index (κ1) is 20.4. The van der Waals surface area contributed by atoms with E-state index in [1.807, 2.05) is 60.5 Å². The Balaban J connectivity index is 1.93. The summed E-state index contributed by atoms with van der Waals surface area (Å²) < 4.78 is 16.0. The van der Waals surface area contributed by atoms with Crippen LogP contribution >= 0.6 is 0 Å². The van der Waals surface area contributed by atoms with Crippen molar-refractivity contribution in [1.82, 2.24) is 0 Å². The molecule has 0 bridgehead atoms. The zero-order valence-corrected chi connectivity index (χ0v) is 17.8. The van der Waals surface area contributed by atoms with Gasteiger partial charge in [-0.1, -0.05) is 12.1 Å². The van der Waals surface area contributed by atoms with Crippen molar-refractivity contribution in [1.29, 1.82) is 0 Å². The highest BCUT2D eigenvalue weighted by atomic mass is 16.5. The van der Waals surface area contributed by atoms with Crippen LogP contribution in [-0.2, 0) is 0 Å². The molecule has 0 radical (unpaired) electrons. The SMILES string of the molecule is COc1ccc(N2C(=O)c3ccccc3N(C)[C@@H]2c2cc(OC)c(O)c(OC)c2)cc1. The number of ether oxygens (including phenoxy) is 3. The maximum absolute atomic E-state index is 13.6. The monoisotopic (exact) mass is 420 g/mol. The van der Waals surface area contributed by atoms with Crippen LogP contribution in [0.25, 0.3) is 0 Å². The number of fused-ring (bicyclic) bond motifs is 1. The van der Waals surface area contributed by atoms with E-state index < -0.39 is 6.17 Å². The number of nitrogens with zero attached hydrogens (tertiary/aromatic N) is 2. The molecule has 1 aliphatic heterocycles. The molecule has 0 spiro atoms. The van der Waals surface area contributed by atoms with Crippen molar-refractivity contribution in [2.75, 3.05) is 38.2 Å². The first-order chi connectivity index (χ1) is 15.0. The molecule has 0 aromatic heterocycles. The maximum Gasteiger partial charge on any atom is 0.262 e. The average molecular weight is 420 g/mol. The van der Waals surface area contributed by atoms with E-state index in [1.165, 1.54) is 14.2 Å². The van der Waals surface area contributed by atoms with Gasteiger partial charge in [0.15, 0.2) is 11.5 Å². The fourth-order valence-corrected chi connectivity index (χ4v) is 3.94. The minimum absolute atomic E-state index is 0.0880. The second-order valence-electron chi connectivity index (χ2n) is 7.15. The smallest absolute Gasteiger partial charge is 0.262 e. The molecule has 0 saturated heterocycles. The molecule has 0 aliphatic carbocycles. The lowest BCUT2D eigenvalue weighted by Crippen LogP contribution is -2.48. The number of rotatable bonds is 5. The number of anilines is 2. The lowest BCUT2D eigenvalue weighted by atomic mass is 10.00. The summed E-state index contributed by atoms with van der Waals surface area (Å²) in [7, 11) is 6.48. The number of carbonyl (C=O) groups is 1. The third-order valence-electron chi connectivity index (χ3n) is 5.50. The standard InChI is InChI=1S/C24H24N2O5/c1-25-19-8-6-5-7-18(19)24(28)26(16-9-11-17(29-2)12-10-16)23(25)15-13-20(30-3)22(27)21(14-15)31-4/h5-14,23,27H,1-4H3/t23-/m0/s1. The molecule has 3 aromatic rings. The molecule has 4 rings (SSSR count). The molecule has 1 N–H and O–H groups in total. The molecule has 0 unspecified atom stereocenters. The molecular formula is C24H24N2O5. The van der Waals surface area contributed by atoms with Gasteiger partial charge in [0.1, 0.15) is 11.9 Å². The van der Waals surface area contributed by atoms with E-state index in [1.54, 1.807) is 24.1 Å². The molecule has 3 aromatic carbocycles. The highest BCUT2D eigenvalue weighted by Crippen LogP contribution is 2.45. The second kappa shape index (κ2) is 8.10. The molecular weight excluding hydrogens is 396 g/mol. The number of amides is 1. The van der Waals surface area contributed by atoms with Gasteiger partial charge in [0, 0.05) is 18.3 Å². The van der Waals surface area contributed by atoms with E-state index in [0.29, 0.717) is 17.0 Å². The van der Waals surface area contributed by atoms with Gasteiger partial charge in [-0.25, -0.2) is 0 Å². The number of carbonyl (C=O) groups excluding carboxylic acids is 1. The van der Waals surface area contributed by atoms with Gasteiger partial charge in [-0.15, -0.1) is 0 Å². The van der Waals surface area contributed by atoms with Gasteiger partial charge < -0.3 is 24.2 Å². The molecule has 1 amide bonds. The highest BCUT2D eigenvalue weighted by Gasteiger charge is 2.38. The van der Waals surface area contributed by atoms with E-state index >= 15 is 0 Å². The largest absolute Gasteiger partial charge is 0.502 e. The van der Waals surface area contributed by atoms with Crippen LogP contribution in [0.3, 0.4) is 0 Å². The minimum Gasteiger partial charge on any atom is -0.502 e. The van der Waals surface area contributed by atoms with Crippen LogP contribution in [0.5, 0.6) is 23.0 Å². The quantitative estimate of drug-likeness (QED) is 0.667. The van der Waals surface area contributed by atoms with Crippen molar-refractivity contribution in [3.63, 3.8) is 0 Å². The second-order valence-corrected chi connectivity index (χ2v) is 7.15. The van der Waals surface area contributed by atoms with Gasteiger partial charge >= 0.3 is 0 Å². The van der Waals surface area contributed by atoms with Crippen molar-refractivity contribution >= 4 is 17.3 Å². The fourth-order valence-electron chi connectivity index (χ4n) is 3.94. The van der Waals surface area contributed by atoms with Gasteiger partial charge in [-0.3, -0.25) is 9.69 Å². The number of hydrogen-bond donors (Lipinski definition) is 1. The van der Waals surface area contributed by atoms with Gasteiger partial charge in [0.05, 0.1) is 32.6 Å². The van der Waals surface area contributed by atoms with Gasteiger partial charge in [-0.2, -0.15) is 0 Å². The zero-order chi connectivity index (χ0) is 22.1. The topological polar surface area (TPSA) is 71.5 Å². The van der Waals surface area contributed by atoms with Crippen molar-refractivity contribution in [2.24, 2.45) is 0 Å². The van der Waals surface area contributed by atoms with Crippen molar-refractivity contribution in [3.05, 3.63) is 71.8 Å². The Morgan fingerprint density at radius 1 is 0.871 bits per heavy atom. The maximum atomic E-state index is 13.6.